The molecule has 0 bridgehead atoms. The van der Waals surface area contributed by atoms with Crippen LogP contribution in [0.3, 0.4) is 0 Å². The van der Waals surface area contributed by atoms with E-state index in [1.54, 1.807) is 22.5 Å². The first-order chi connectivity index (χ1) is 11.1. The summed E-state index contributed by atoms with van der Waals surface area (Å²) in [5.74, 6) is -1.32. The molecule has 1 aliphatic heterocycles. The Morgan fingerprint density at radius 2 is 2.09 bits per heavy atom. The van der Waals surface area contributed by atoms with Gasteiger partial charge in [-0.05, 0) is 37.1 Å². The number of hydrogen-bond acceptors (Lipinski definition) is 5. The summed E-state index contributed by atoms with van der Waals surface area (Å²) in [5, 5.41) is 20.5. The minimum absolute atomic E-state index is 0.254. The minimum Gasteiger partial charge on any atom is -0.481 e. The maximum absolute atomic E-state index is 12.3. The number of rotatable bonds is 3. The Morgan fingerprint density at radius 3 is 2.74 bits per heavy atom. The van der Waals surface area contributed by atoms with Crippen molar-refractivity contribution in [1.29, 1.82) is 0 Å². The summed E-state index contributed by atoms with van der Waals surface area (Å²) >= 11 is 1.45. The average molecular weight is 332 g/mol. The number of carbonyl (C=O) groups excluding carboxylic acids is 1. The summed E-state index contributed by atoms with van der Waals surface area (Å²) in [6.07, 6.45) is 1.33. The normalized spacial score (nSPS) is 17.7. The van der Waals surface area contributed by atoms with Crippen LogP contribution in [0.1, 0.15) is 12.8 Å². The van der Waals surface area contributed by atoms with Gasteiger partial charge in [-0.15, -0.1) is 10.2 Å². The third-order valence-corrected chi connectivity index (χ3v) is 4.54. The van der Waals surface area contributed by atoms with Gasteiger partial charge in [0, 0.05) is 24.3 Å². The second-order valence-corrected chi connectivity index (χ2v) is 6.21. The van der Waals surface area contributed by atoms with Crippen LogP contribution in [-0.2, 0) is 4.79 Å². The first kappa shape index (κ1) is 15.4. The van der Waals surface area contributed by atoms with Gasteiger partial charge < -0.3 is 15.3 Å². The summed E-state index contributed by atoms with van der Waals surface area (Å²) in [4.78, 5) is 24.9. The predicted octanol–water partition coefficient (Wildman–Crippen LogP) is 2.53. The number of carboxylic acid groups (broad SMARTS) is 1. The van der Waals surface area contributed by atoms with E-state index in [9.17, 15) is 9.59 Å². The topological polar surface area (TPSA) is 95.4 Å². The molecule has 1 unspecified atom stereocenters. The minimum atomic E-state index is -0.844. The van der Waals surface area contributed by atoms with Crippen LogP contribution in [0.4, 0.5) is 10.5 Å². The van der Waals surface area contributed by atoms with Crippen molar-refractivity contribution in [1.82, 2.24) is 15.1 Å². The van der Waals surface area contributed by atoms with Gasteiger partial charge >= 0.3 is 12.0 Å². The quantitative estimate of drug-likeness (QED) is 0.900. The van der Waals surface area contributed by atoms with E-state index in [4.69, 9.17) is 5.11 Å². The molecule has 1 aromatic heterocycles. The Bertz CT molecular complexity index is 687. The third kappa shape index (κ3) is 3.65. The van der Waals surface area contributed by atoms with E-state index in [2.05, 4.69) is 15.5 Å². The van der Waals surface area contributed by atoms with E-state index in [0.29, 0.717) is 25.1 Å². The van der Waals surface area contributed by atoms with Crippen molar-refractivity contribution in [2.24, 2.45) is 5.92 Å². The largest absolute Gasteiger partial charge is 0.481 e. The Morgan fingerprint density at radius 1 is 1.30 bits per heavy atom. The molecule has 2 amide bonds. The predicted molar refractivity (Wildman–Crippen MR) is 86.3 cm³/mol. The maximum atomic E-state index is 12.3. The van der Waals surface area contributed by atoms with Gasteiger partial charge in [0.15, 0.2) is 0 Å². The molecule has 1 atom stereocenters. The Balaban J connectivity index is 1.62. The molecule has 3 rings (SSSR count). The van der Waals surface area contributed by atoms with Gasteiger partial charge in [0.05, 0.1) is 5.92 Å². The van der Waals surface area contributed by atoms with Crippen molar-refractivity contribution in [2.75, 3.05) is 18.4 Å². The molecule has 2 heterocycles. The number of benzene rings is 1. The summed E-state index contributed by atoms with van der Waals surface area (Å²) in [5.41, 5.74) is 3.27. The molecular formula is C15H16N4O3S. The van der Waals surface area contributed by atoms with E-state index in [-0.39, 0.29) is 12.6 Å². The number of nitrogens with one attached hydrogen (secondary N) is 1. The molecule has 23 heavy (non-hydrogen) atoms. The highest BCUT2D eigenvalue weighted by molar-refractivity contribution is 7.12. The van der Waals surface area contributed by atoms with Gasteiger partial charge in [-0.2, -0.15) is 0 Å². The number of amides is 2. The SMILES string of the molecule is O=C(O)C1CCCN(C(=O)Nc2ccc(-c3nncs3)cc2)C1. The molecule has 0 spiro atoms. The van der Waals surface area contributed by atoms with Crippen molar-refractivity contribution in [3.05, 3.63) is 29.8 Å². The molecule has 2 N–H and O–H groups in total. The van der Waals surface area contributed by atoms with Gasteiger partial charge in [0.2, 0.25) is 0 Å². The molecule has 0 radical (unpaired) electrons. The van der Waals surface area contributed by atoms with Crippen LogP contribution < -0.4 is 5.32 Å². The molecule has 7 nitrogen and oxygen atoms in total. The van der Waals surface area contributed by atoms with Crippen LogP contribution in [0, 0.1) is 5.92 Å². The fourth-order valence-electron chi connectivity index (χ4n) is 2.56. The smallest absolute Gasteiger partial charge is 0.321 e. The molecule has 120 valence electrons. The van der Waals surface area contributed by atoms with Gasteiger partial charge in [-0.25, -0.2) is 4.79 Å². The number of carbonyl (C=O) groups is 2. The lowest BCUT2D eigenvalue weighted by molar-refractivity contribution is -0.143. The molecule has 1 aromatic carbocycles. The van der Waals surface area contributed by atoms with Crippen LogP contribution in [0.15, 0.2) is 29.8 Å². The standard InChI is InChI=1S/C15H16N4O3S/c20-14(21)11-2-1-7-19(8-11)15(22)17-12-5-3-10(4-6-12)13-18-16-9-23-13/h3-6,9,11H,1-2,7-8H2,(H,17,22)(H,20,21). The number of aliphatic carboxylic acids is 1. The van der Waals surface area contributed by atoms with Crippen molar-refractivity contribution in [3.63, 3.8) is 0 Å². The molecule has 1 saturated heterocycles. The average Bonchev–Trinajstić information content (AvgIpc) is 3.10. The van der Waals surface area contributed by atoms with Crippen molar-refractivity contribution in [3.8, 4) is 10.6 Å². The number of urea groups is 1. The highest BCUT2D eigenvalue weighted by Gasteiger charge is 2.28. The Kier molecular flexibility index (Phi) is 4.52. The van der Waals surface area contributed by atoms with Gasteiger partial charge in [-0.3, -0.25) is 4.79 Å². The lowest BCUT2D eigenvalue weighted by atomic mass is 9.99. The molecule has 1 fully saturated rings. The van der Waals surface area contributed by atoms with Crippen LogP contribution in [0.25, 0.3) is 10.6 Å². The highest BCUT2D eigenvalue weighted by Crippen LogP contribution is 2.23. The number of piperidine rings is 1. The van der Waals surface area contributed by atoms with E-state index >= 15 is 0 Å². The third-order valence-electron chi connectivity index (χ3n) is 3.80. The molecule has 0 saturated carbocycles. The van der Waals surface area contributed by atoms with Crippen LogP contribution in [-0.4, -0.2) is 45.3 Å². The zero-order valence-electron chi connectivity index (χ0n) is 12.3. The zero-order chi connectivity index (χ0) is 16.2. The van der Waals surface area contributed by atoms with E-state index in [1.807, 2.05) is 12.1 Å². The summed E-state index contributed by atoms with van der Waals surface area (Å²) in [7, 11) is 0. The number of carboxylic acids is 1. The molecule has 2 aromatic rings. The van der Waals surface area contributed by atoms with Crippen LogP contribution in [0.2, 0.25) is 0 Å². The Hall–Kier alpha value is -2.48. The lowest BCUT2D eigenvalue weighted by Crippen LogP contribution is -2.44. The summed E-state index contributed by atoms with van der Waals surface area (Å²) in [6.45, 7) is 0.836. The number of hydrogen-bond donors (Lipinski definition) is 2. The number of aromatic nitrogens is 2. The molecule has 8 heteroatoms. The monoisotopic (exact) mass is 332 g/mol. The second-order valence-electron chi connectivity index (χ2n) is 5.37. The number of anilines is 1. The first-order valence-corrected chi connectivity index (χ1v) is 8.17. The molecule has 0 aliphatic carbocycles. The second kappa shape index (κ2) is 6.74. The van der Waals surface area contributed by atoms with Crippen molar-refractivity contribution >= 4 is 29.0 Å². The highest BCUT2D eigenvalue weighted by atomic mass is 32.1. The van der Waals surface area contributed by atoms with E-state index in [0.717, 1.165) is 10.6 Å². The number of likely N-dealkylation sites (tertiary alicyclic amines) is 1. The fourth-order valence-corrected chi connectivity index (χ4v) is 3.12. The number of nitrogens with zero attached hydrogens (tertiary/aromatic N) is 3. The lowest BCUT2D eigenvalue weighted by Gasteiger charge is -2.30. The summed E-state index contributed by atoms with van der Waals surface area (Å²) in [6, 6.07) is 7.07. The van der Waals surface area contributed by atoms with Crippen molar-refractivity contribution < 1.29 is 14.7 Å². The van der Waals surface area contributed by atoms with Crippen LogP contribution in [0.5, 0.6) is 0 Å². The maximum Gasteiger partial charge on any atom is 0.321 e. The fraction of sp³-hybridized carbons (Fsp3) is 0.333. The van der Waals surface area contributed by atoms with E-state index in [1.165, 1.54) is 11.3 Å². The van der Waals surface area contributed by atoms with Gasteiger partial charge in [0.1, 0.15) is 10.5 Å². The summed E-state index contributed by atoms with van der Waals surface area (Å²) < 4.78 is 0. The molecule has 1 aliphatic rings. The van der Waals surface area contributed by atoms with Crippen molar-refractivity contribution in [2.45, 2.75) is 12.8 Å². The first-order valence-electron chi connectivity index (χ1n) is 7.29. The van der Waals surface area contributed by atoms with Gasteiger partial charge in [-0.1, -0.05) is 11.3 Å². The van der Waals surface area contributed by atoms with Gasteiger partial charge in [0.25, 0.3) is 0 Å². The Labute approximate surface area is 137 Å². The zero-order valence-corrected chi connectivity index (χ0v) is 13.1. The van der Waals surface area contributed by atoms with E-state index < -0.39 is 11.9 Å². The molecular weight excluding hydrogens is 316 g/mol. The van der Waals surface area contributed by atoms with Crippen LogP contribution >= 0.6 is 11.3 Å².